The Hall–Kier alpha value is -2.41. The van der Waals surface area contributed by atoms with E-state index in [4.69, 9.17) is 9.47 Å². The first kappa shape index (κ1) is 17.9. The van der Waals surface area contributed by atoms with Crippen LogP contribution in [-0.4, -0.2) is 56.2 Å². The molecule has 24 heavy (non-hydrogen) atoms. The topological polar surface area (TPSA) is 82.1 Å². The minimum atomic E-state index is -1.01. The summed E-state index contributed by atoms with van der Waals surface area (Å²) in [5, 5.41) is 0. The Morgan fingerprint density at radius 3 is 2.71 bits per heavy atom. The molecule has 1 aromatic rings. The Labute approximate surface area is 140 Å². The van der Waals surface area contributed by atoms with Gasteiger partial charge in [0.2, 0.25) is 0 Å². The average Bonchev–Trinajstić information content (AvgIpc) is 2.70. The van der Waals surface area contributed by atoms with Gasteiger partial charge in [0.25, 0.3) is 0 Å². The molecule has 0 N–H and O–H groups in total. The third-order valence-electron chi connectivity index (χ3n) is 3.74. The van der Waals surface area contributed by atoms with E-state index < -0.39 is 18.0 Å². The van der Waals surface area contributed by atoms with Gasteiger partial charge in [-0.05, 0) is 5.56 Å². The van der Waals surface area contributed by atoms with E-state index in [1.165, 1.54) is 12.0 Å². The monoisotopic (exact) mass is 335 g/mol. The molecule has 7 nitrogen and oxygen atoms in total. The standard InChI is InChI=1S/C17H21NO6/c1-22-16(20)14-11-18(8-10-23-9-7-15(14)19)17(21)24-12-13-5-3-2-4-6-13/h2-6,14H,7-12H2,1H3. The molecule has 1 unspecified atom stereocenters. The number of carbonyl (C=O) groups excluding carboxylic acids is 3. The molecule has 1 atom stereocenters. The van der Waals surface area contributed by atoms with Gasteiger partial charge in [-0.15, -0.1) is 0 Å². The molecule has 0 bridgehead atoms. The van der Waals surface area contributed by atoms with E-state index in [1.54, 1.807) is 0 Å². The van der Waals surface area contributed by atoms with Gasteiger partial charge in [-0.2, -0.15) is 0 Å². The molecule has 1 fully saturated rings. The summed E-state index contributed by atoms with van der Waals surface area (Å²) in [5.74, 6) is -1.96. The normalized spacial score (nSPS) is 19.0. The van der Waals surface area contributed by atoms with Gasteiger partial charge in [-0.1, -0.05) is 30.3 Å². The predicted octanol–water partition coefficient (Wildman–Crippen LogP) is 1.40. The number of benzene rings is 1. The summed E-state index contributed by atoms with van der Waals surface area (Å²) in [6.45, 7) is 0.797. The molecule has 0 radical (unpaired) electrons. The van der Waals surface area contributed by atoms with Gasteiger partial charge in [-0.3, -0.25) is 9.59 Å². The van der Waals surface area contributed by atoms with Crippen molar-refractivity contribution in [2.24, 2.45) is 5.92 Å². The van der Waals surface area contributed by atoms with Gasteiger partial charge in [0.1, 0.15) is 12.5 Å². The van der Waals surface area contributed by atoms with E-state index >= 15 is 0 Å². The van der Waals surface area contributed by atoms with E-state index in [2.05, 4.69) is 4.74 Å². The molecule has 1 aliphatic heterocycles. The maximum Gasteiger partial charge on any atom is 0.410 e. The number of esters is 1. The van der Waals surface area contributed by atoms with Gasteiger partial charge in [0, 0.05) is 19.5 Å². The second-order valence-corrected chi connectivity index (χ2v) is 5.39. The molecular formula is C17H21NO6. The van der Waals surface area contributed by atoms with Crippen LogP contribution in [0.3, 0.4) is 0 Å². The molecule has 0 saturated carbocycles. The Kier molecular flexibility index (Phi) is 6.74. The molecule has 130 valence electrons. The number of rotatable bonds is 3. The lowest BCUT2D eigenvalue weighted by atomic mass is 10.0. The number of ether oxygens (including phenoxy) is 3. The molecule has 1 heterocycles. The van der Waals surface area contributed by atoms with Crippen molar-refractivity contribution in [1.82, 2.24) is 4.90 Å². The van der Waals surface area contributed by atoms with Gasteiger partial charge in [0.15, 0.2) is 5.78 Å². The van der Waals surface area contributed by atoms with Crippen LogP contribution in [0.15, 0.2) is 30.3 Å². The van der Waals surface area contributed by atoms with Crippen LogP contribution in [-0.2, 0) is 30.4 Å². The molecule has 7 heteroatoms. The number of hydrogen-bond acceptors (Lipinski definition) is 6. The van der Waals surface area contributed by atoms with Crippen LogP contribution in [0, 0.1) is 5.92 Å². The van der Waals surface area contributed by atoms with Crippen molar-refractivity contribution in [3.63, 3.8) is 0 Å². The number of nitrogens with zero attached hydrogens (tertiary/aromatic N) is 1. The Bertz CT molecular complexity index is 574. The average molecular weight is 335 g/mol. The number of methoxy groups -OCH3 is 1. The molecule has 1 saturated heterocycles. The van der Waals surface area contributed by atoms with Crippen molar-refractivity contribution < 1.29 is 28.6 Å². The number of ketones is 1. The molecule has 0 aromatic heterocycles. The fourth-order valence-corrected chi connectivity index (χ4v) is 2.36. The minimum absolute atomic E-state index is 0.0670. The smallest absolute Gasteiger partial charge is 0.410 e. The van der Waals surface area contributed by atoms with Crippen LogP contribution in [0.4, 0.5) is 4.79 Å². The number of hydrogen-bond donors (Lipinski definition) is 0. The second-order valence-electron chi connectivity index (χ2n) is 5.39. The Balaban J connectivity index is 2.02. The first-order valence-corrected chi connectivity index (χ1v) is 7.75. The van der Waals surface area contributed by atoms with Crippen molar-refractivity contribution in [3.05, 3.63) is 35.9 Å². The Morgan fingerprint density at radius 1 is 1.25 bits per heavy atom. The molecule has 1 aliphatic rings. The van der Waals surface area contributed by atoms with E-state index in [-0.39, 0.29) is 45.1 Å². The van der Waals surface area contributed by atoms with Gasteiger partial charge >= 0.3 is 12.1 Å². The first-order valence-electron chi connectivity index (χ1n) is 7.75. The largest absolute Gasteiger partial charge is 0.468 e. The summed E-state index contributed by atoms with van der Waals surface area (Å²) in [5.41, 5.74) is 0.854. The minimum Gasteiger partial charge on any atom is -0.468 e. The zero-order valence-corrected chi connectivity index (χ0v) is 13.6. The maximum atomic E-state index is 12.3. The van der Waals surface area contributed by atoms with Crippen LogP contribution >= 0.6 is 0 Å². The third kappa shape index (κ3) is 5.06. The second kappa shape index (κ2) is 9.02. The summed E-state index contributed by atoms with van der Waals surface area (Å²) in [7, 11) is 1.22. The molecule has 1 amide bonds. The molecule has 0 aliphatic carbocycles. The van der Waals surface area contributed by atoms with Crippen molar-refractivity contribution in [1.29, 1.82) is 0 Å². The van der Waals surface area contributed by atoms with E-state index in [0.717, 1.165) is 5.56 Å². The summed E-state index contributed by atoms with van der Waals surface area (Å²) >= 11 is 0. The first-order chi connectivity index (χ1) is 11.6. The highest BCUT2D eigenvalue weighted by Gasteiger charge is 2.32. The highest BCUT2D eigenvalue weighted by Crippen LogP contribution is 2.12. The highest BCUT2D eigenvalue weighted by molar-refractivity contribution is 5.99. The van der Waals surface area contributed by atoms with Crippen LogP contribution in [0.5, 0.6) is 0 Å². The zero-order chi connectivity index (χ0) is 17.4. The third-order valence-corrected chi connectivity index (χ3v) is 3.74. The van der Waals surface area contributed by atoms with Crippen LogP contribution in [0.2, 0.25) is 0 Å². The van der Waals surface area contributed by atoms with Gasteiger partial charge in [0.05, 0.1) is 20.3 Å². The fraction of sp³-hybridized carbons (Fsp3) is 0.471. The summed E-state index contributed by atoms with van der Waals surface area (Å²) in [6.07, 6.45) is -0.474. The summed E-state index contributed by atoms with van der Waals surface area (Å²) in [6, 6.07) is 9.26. The van der Waals surface area contributed by atoms with E-state index in [9.17, 15) is 14.4 Å². The Morgan fingerprint density at radius 2 is 2.00 bits per heavy atom. The summed E-state index contributed by atoms with van der Waals surface area (Å²) < 4.78 is 15.3. The highest BCUT2D eigenvalue weighted by atomic mass is 16.6. The van der Waals surface area contributed by atoms with Crippen molar-refractivity contribution in [2.45, 2.75) is 13.0 Å². The van der Waals surface area contributed by atoms with E-state index in [1.807, 2.05) is 30.3 Å². The quantitative estimate of drug-likeness (QED) is 0.613. The number of amides is 1. The van der Waals surface area contributed by atoms with Crippen LogP contribution in [0.25, 0.3) is 0 Å². The lowest BCUT2D eigenvalue weighted by molar-refractivity contribution is -0.149. The number of carbonyl (C=O) groups is 3. The van der Waals surface area contributed by atoms with Gasteiger partial charge < -0.3 is 19.1 Å². The lowest BCUT2D eigenvalue weighted by Crippen LogP contribution is -2.42. The van der Waals surface area contributed by atoms with Crippen molar-refractivity contribution >= 4 is 17.8 Å². The lowest BCUT2D eigenvalue weighted by Gasteiger charge is -2.24. The van der Waals surface area contributed by atoms with E-state index in [0.29, 0.717) is 0 Å². The maximum absolute atomic E-state index is 12.3. The van der Waals surface area contributed by atoms with Crippen LogP contribution < -0.4 is 0 Å². The molecule has 2 rings (SSSR count). The van der Waals surface area contributed by atoms with Crippen molar-refractivity contribution in [2.75, 3.05) is 33.4 Å². The van der Waals surface area contributed by atoms with Crippen molar-refractivity contribution in [3.8, 4) is 0 Å². The van der Waals surface area contributed by atoms with Crippen LogP contribution in [0.1, 0.15) is 12.0 Å². The summed E-state index contributed by atoms with van der Waals surface area (Å²) in [4.78, 5) is 37.6. The number of Topliss-reactive ketones (excluding diaryl/α,β-unsaturated/α-hetero) is 1. The SMILES string of the molecule is COC(=O)C1CN(C(=O)OCc2ccccc2)CCOCCC1=O. The zero-order valence-electron chi connectivity index (χ0n) is 13.6. The molecular weight excluding hydrogens is 314 g/mol. The predicted molar refractivity (Wildman–Crippen MR) is 84.1 cm³/mol. The molecule has 1 aromatic carbocycles. The van der Waals surface area contributed by atoms with Gasteiger partial charge in [-0.25, -0.2) is 4.79 Å². The molecule has 0 spiro atoms. The fourth-order valence-electron chi connectivity index (χ4n) is 2.36.